The standard InChI is InChI=1S/C9H9F3O.C7H7NO2/c1-6-5-7(9(10,11)12)3-4-8(6)13-2;1-5-2-3-6(4-8-5)7(9)10/h3-5H,1-2H3;2-4H,1H3,(H,9,10). The second kappa shape index (κ2) is 7.62. The summed E-state index contributed by atoms with van der Waals surface area (Å²) in [6, 6.07) is 6.59. The van der Waals surface area contributed by atoms with Gasteiger partial charge in [-0.3, -0.25) is 4.98 Å². The summed E-state index contributed by atoms with van der Waals surface area (Å²) in [6.07, 6.45) is -2.94. The van der Waals surface area contributed by atoms with Crippen LogP contribution in [0.5, 0.6) is 5.75 Å². The maximum Gasteiger partial charge on any atom is 0.416 e. The average molecular weight is 327 g/mol. The van der Waals surface area contributed by atoms with Crippen LogP contribution in [0, 0.1) is 13.8 Å². The fraction of sp³-hybridized carbons (Fsp3) is 0.250. The Balaban J connectivity index is 0.000000238. The molecular weight excluding hydrogens is 311 g/mol. The van der Waals surface area contributed by atoms with E-state index in [1.54, 1.807) is 13.0 Å². The summed E-state index contributed by atoms with van der Waals surface area (Å²) in [5.74, 6) is -0.472. The van der Waals surface area contributed by atoms with E-state index in [9.17, 15) is 18.0 Å². The van der Waals surface area contributed by atoms with Gasteiger partial charge in [-0.15, -0.1) is 0 Å². The highest BCUT2D eigenvalue weighted by molar-refractivity contribution is 5.87. The molecule has 0 fully saturated rings. The van der Waals surface area contributed by atoms with E-state index in [1.165, 1.54) is 25.4 Å². The molecule has 0 aliphatic heterocycles. The number of ether oxygens (including phenoxy) is 1. The largest absolute Gasteiger partial charge is 0.496 e. The molecule has 0 aliphatic carbocycles. The van der Waals surface area contributed by atoms with Gasteiger partial charge in [0.25, 0.3) is 0 Å². The minimum Gasteiger partial charge on any atom is -0.496 e. The van der Waals surface area contributed by atoms with Crippen molar-refractivity contribution in [3.8, 4) is 5.75 Å². The first-order chi connectivity index (χ1) is 10.6. The van der Waals surface area contributed by atoms with Crippen molar-refractivity contribution in [3.63, 3.8) is 0 Å². The van der Waals surface area contributed by atoms with Gasteiger partial charge in [0.1, 0.15) is 5.75 Å². The van der Waals surface area contributed by atoms with Crippen molar-refractivity contribution in [1.29, 1.82) is 0 Å². The number of hydrogen-bond donors (Lipinski definition) is 1. The van der Waals surface area contributed by atoms with Gasteiger partial charge in [0.15, 0.2) is 0 Å². The molecule has 0 saturated carbocycles. The van der Waals surface area contributed by atoms with Crippen molar-refractivity contribution in [3.05, 3.63) is 58.9 Å². The fourth-order valence-corrected chi connectivity index (χ4v) is 1.65. The van der Waals surface area contributed by atoms with Crippen LogP contribution in [0.25, 0.3) is 0 Å². The maximum absolute atomic E-state index is 12.2. The summed E-state index contributed by atoms with van der Waals surface area (Å²) >= 11 is 0. The number of carbonyl (C=O) groups is 1. The summed E-state index contributed by atoms with van der Waals surface area (Å²) in [5, 5.41) is 8.44. The summed E-state index contributed by atoms with van der Waals surface area (Å²) in [5.41, 5.74) is 0.888. The summed E-state index contributed by atoms with van der Waals surface area (Å²) in [4.78, 5) is 14.1. The SMILES string of the molecule is COc1ccc(C(F)(F)F)cc1C.Cc1ccc(C(=O)O)cn1. The zero-order chi connectivity index (χ0) is 17.6. The van der Waals surface area contributed by atoms with Crippen LogP contribution in [0.1, 0.15) is 27.2 Å². The predicted octanol–water partition coefficient (Wildman–Crippen LogP) is 4.11. The number of hydrogen-bond acceptors (Lipinski definition) is 3. The number of carboxylic acid groups (broad SMARTS) is 1. The van der Waals surface area contributed by atoms with Crippen molar-refractivity contribution in [2.45, 2.75) is 20.0 Å². The number of alkyl halides is 3. The third-order valence-corrected chi connectivity index (χ3v) is 2.88. The van der Waals surface area contributed by atoms with E-state index in [1.807, 2.05) is 6.92 Å². The Morgan fingerprint density at radius 3 is 2.22 bits per heavy atom. The molecule has 1 heterocycles. The molecular formula is C16H16F3NO3. The monoisotopic (exact) mass is 327 g/mol. The minimum absolute atomic E-state index is 0.227. The molecule has 0 unspecified atom stereocenters. The third kappa shape index (κ3) is 5.61. The van der Waals surface area contributed by atoms with Gasteiger partial charge in [-0.25, -0.2) is 4.79 Å². The normalized spacial score (nSPS) is 10.5. The zero-order valence-electron chi connectivity index (χ0n) is 12.8. The molecule has 0 amide bonds. The van der Waals surface area contributed by atoms with Crippen LogP contribution in [-0.4, -0.2) is 23.2 Å². The van der Waals surface area contributed by atoms with Crippen LogP contribution in [0.15, 0.2) is 36.5 Å². The molecule has 0 bridgehead atoms. The maximum atomic E-state index is 12.2. The first-order valence-corrected chi connectivity index (χ1v) is 6.53. The molecule has 23 heavy (non-hydrogen) atoms. The number of carboxylic acids is 1. The number of nitrogens with zero attached hydrogens (tertiary/aromatic N) is 1. The Kier molecular flexibility index (Phi) is 6.12. The lowest BCUT2D eigenvalue weighted by molar-refractivity contribution is -0.137. The molecule has 0 atom stereocenters. The third-order valence-electron chi connectivity index (χ3n) is 2.88. The number of aromatic carboxylic acids is 1. The van der Waals surface area contributed by atoms with Gasteiger partial charge >= 0.3 is 12.1 Å². The number of halogens is 3. The highest BCUT2D eigenvalue weighted by Gasteiger charge is 2.30. The molecule has 0 spiro atoms. The van der Waals surface area contributed by atoms with Gasteiger partial charge in [0, 0.05) is 11.9 Å². The summed E-state index contributed by atoms with van der Waals surface area (Å²) < 4.78 is 41.3. The topological polar surface area (TPSA) is 59.4 Å². The van der Waals surface area contributed by atoms with E-state index in [4.69, 9.17) is 9.84 Å². The van der Waals surface area contributed by atoms with E-state index in [0.717, 1.165) is 17.8 Å². The molecule has 1 aromatic carbocycles. The number of pyridine rings is 1. The van der Waals surface area contributed by atoms with Gasteiger partial charge in [-0.2, -0.15) is 13.2 Å². The Hall–Kier alpha value is -2.57. The Morgan fingerprint density at radius 1 is 1.17 bits per heavy atom. The van der Waals surface area contributed by atoms with Crippen LogP contribution in [0.4, 0.5) is 13.2 Å². The minimum atomic E-state index is -4.28. The van der Waals surface area contributed by atoms with Gasteiger partial charge in [0.2, 0.25) is 0 Å². The molecule has 1 N–H and O–H groups in total. The first kappa shape index (κ1) is 18.5. The fourth-order valence-electron chi connectivity index (χ4n) is 1.65. The lowest BCUT2D eigenvalue weighted by atomic mass is 10.1. The van der Waals surface area contributed by atoms with Crippen LogP contribution in [-0.2, 0) is 6.18 Å². The van der Waals surface area contributed by atoms with E-state index in [2.05, 4.69) is 4.98 Å². The lowest BCUT2D eigenvalue weighted by Crippen LogP contribution is -2.05. The molecule has 7 heteroatoms. The van der Waals surface area contributed by atoms with Crippen LogP contribution >= 0.6 is 0 Å². The number of aryl methyl sites for hydroxylation is 2. The molecule has 0 aliphatic rings. The highest BCUT2D eigenvalue weighted by Crippen LogP contribution is 2.31. The van der Waals surface area contributed by atoms with Crippen LogP contribution in [0.3, 0.4) is 0 Å². The van der Waals surface area contributed by atoms with E-state index < -0.39 is 17.7 Å². The van der Waals surface area contributed by atoms with Crippen molar-refractivity contribution >= 4 is 5.97 Å². The van der Waals surface area contributed by atoms with Gasteiger partial charge < -0.3 is 9.84 Å². The molecule has 2 rings (SSSR count). The van der Waals surface area contributed by atoms with Crippen molar-refractivity contribution in [1.82, 2.24) is 4.98 Å². The molecule has 4 nitrogen and oxygen atoms in total. The summed E-state index contributed by atoms with van der Waals surface area (Å²) in [6.45, 7) is 3.39. The van der Waals surface area contributed by atoms with Gasteiger partial charge in [-0.05, 0) is 49.7 Å². The highest BCUT2D eigenvalue weighted by atomic mass is 19.4. The molecule has 1 aromatic heterocycles. The van der Waals surface area contributed by atoms with E-state index in [-0.39, 0.29) is 5.56 Å². The second-order valence-corrected chi connectivity index (χ2v) is 4.68. The van der Waals surface area contributed by atoms with Gasteiger partial charge in [-0.1, -0.05) is 0 Å². The van der Waals surface area contributed by atoms with E-state index in [0.29, 0.717) is 11.3 Å². The molecule has 2 aromatic rings. The Morgan fingerprint density at radius 2 is 1.83 bits per heavy atom. The second-order valence-electron chi connectivity index (χ2n) is 4.68. The Labute approximate surface area is 131 Å². The van der Waals surface area contributed by atoms with Crippen molar-refractivity contribution in [2.75, 3.05) is 7.11 Å². The lowest BCUT2D eigenvalue weighted by Gasteiger charge is -2.09. The first-order valence-electron chi connectivity index (χ1n) is 6.53. The molecule has 0 saturated heterocycles. The molecule has 124 valence electrons. The van der Waals surface area contributed by atoms with E-state index >= 15 is 0 Å². The van der Waals surface area contributed by atoms with Crippen molar-refractivity contribution < 1.29 is 27.8 Å². The molecule has 0 radical (unpaired) electrons. The van der Waals surface area contributed by atoms with Crippen molar-refractivity contribution in [2.24, 2.45) is 0 Å². The van der Waals surface area contributed by atoms with Crippen LogP contribution in [0.2, 0.25) is 0 Å². The van der Waals surface area contributed by atoms with Gasteiger partial charge in [0.05, 0.1) is 18.2 Å². The number of benzene rings is 1. The predicted molar refractivity (Wildman–Crippen MR) is 78.7 cm³/mol. The number of methoxy groups -OCH3 is 1. The quantitative estimate of drug-likeness (QED) is 0.902. The Bertz CT molecular complexity index is 667. The number of rotatable bonds is 2. The zero-order valence-corrected chi connectivity index (χ0v) is 12.8. The summed E-state index contributed by atoms with van der Waals surface area (Å²) in [7, 11) is 1.43. The average Bonchev–Trinajstić information content (AvgIpc) is 2.47. The van der Waals surface area contributed by atoms with Crippen LogP contribution < -0.4 is 4.74 Å². The smallest absolute Gasteiger partial charge is 0.416 e. The number of aromatic nitrogens is 1.